The van der Waals surface area contributed by atoms with Gasteiger partial charge in [0, 0.05) is 20.0 Å². The molecular formula is C15H18F3NO6S. The second kappa shape index (κ2) is 8.99. The highest BCUT2D eigenvalue weighted by atomic mass is 32.2. The van der Waals surface area contributed by atoms with Crippen LogP contribution in [0.5, 0.6) is 5.75 Å². The normalized spacial score (nSPS) is 13.1. The molecule has 0 aliphatic rings. The first-order valence-corrected chi connectivity index (χ1v) is 8.73. The molecule has 0 radical (unpaired) electrons. The number of hydrogen-bond donors (Lipinski definition) is 0. The van der Waals surface area contributed by atoms with Crippen molar-refractivity contribution in [1.29, 1.82) is 0 Å². The molecule has 1 rings (SSSR count). The molecule has 146 valence electrons. The molecule has 1 atom stereocenters. The maximum Gasteiger partial charge on any atom is 0.523 e. The average molecular weight is 397 g/mol. The van der Waals surface area contributed by atoms with Crippen molar-refractivity contribution in [2.24, 2.45) is 0 Å². The molecule has 1 unspecified atom stereocenters. The minimum atomic E-state index is -5.97. The van der Waals surface area contributed by atoms with Gasteiger partial charge in [-0.15, -0.1) is 0 Å². The molecule has 0 bridgehead atoms. The van der Waals surface area contributed by atoms with Crippen molar-refractivity contribution >= 4 is 22.3 Å². The van der Waals surface area contributed by atoms with Crippen molar-refractivity contribution in [3.8, 4) is 5.75 Å². The van der Waals surface area contributed by atoms with E-state index >= 15 is 0 Å². The molecule has 7 nitrogen and oxygen atoms in total. The number of amides is 1. The molecule has 0 aromatic heterocycles. The Kier molecular flexibility index (Phi) is 7.57. The third-order valence-corrected chi connectivity index (χ3v) is 4.36. The number of rotatable bonds is 9. The van der Waals surface area contributed by atoms with E-state index in [4.69, 9.17) is 4.74 Å². The van der Waals surface area contributed by atoms with Crippen LogP contribution in [0.4, 0.5) is 13.2 Å². The number of carbonyl (C=O) groups excluding carboxylic acids is 2. The summed E-state index contributed by atoms with van der Waals surface area (Å²) in [5, 5.41) is 0. The molecule has 0 N–H and O–H groups in total. The number of carbonyl (C=O) groups is 2. The van der Waals surface area contributed by atoms with Crippen LogP contribution in [0, 0.1) is 0 Å². The van der Waals surface area contributed by atoms with Gasteiger partial charge < -0.3 is 14.4 Å². The number of alkyl halides is 3. The zero-order valence-electron chi connectivity index (χ0n) is 14.0. The van der Waals surface area contributed by atoms with Gasteiger partial charge in [0.05, 0.1) is 7.11 Å². The van der Waals surface area contributed by atoms with E-state index < -0.39 is 34.1 Å². The lowest BCUT2D eigenvalue weighted by Crippen LogP contribution is -2.41. The zero-order chi connectivity index (χ0) is 20.0. The summed E-state index contributed by atoms with van der Waals surface area (Å²) in [6.45, 7) is -0.00412. The van der Waals surface area contributed by atoms with Crippen LogP contribution in [0.2, 0.25) is 0 Å². The Labute approximate surface area is 148 Å². The molecule has 26 heavy (non-hydrogen) atoms. The number of benzene rings is 1. The fraction of sp³-hybridized carbons (Fsp3) is 0.467. The molecule has 1 aromatic carbocycles. The van der Waals surface area contributed by atoms with Gasteiger partial charge in [-0.2, -0.15) is 21.6 Å². The van der Waals surface area contributed by atoms with Crippen LogP contribution in [0.15, 0.2) is 24.3 Å². The number of aldehydes is 1. The summed E-state index contributed by atoms with van der Waals surface area (Å²) in [7, 11) is -3.21. The largest absolute Gasteiger partial charge is 0.523 e. The Morgan fingerprint density at radius 1 is 1.27 bits per heavy atom. The van der Waals surface area contributed by atoms with Crippen LogP contribution in [-0.2, 0) is 30.4 Å². The van der Waals surface area contributed by atoms with E-state index in [9.17, 15) is 31.2 Å². The second-order valence-corrected chi connectivity index (χ2v) is 6.83. The summed E-state index contributed by atoms with van der Waals surface area (Å²) in [6, 6.07) is 6.52. The van der Waals surface area contributed by atoms with Crippen LogP contribution in [-0.4, -0.2) is 51.3 Å². The van der Waals surface area contributed by atoms with E-state index in [1.165, 1.54) is 14.2 Å². The molecule has 0 saturated heterocycles. The minimum absolute atomic E-state index is 0.00412. The summed E-state index contributed by atoms with van der Waals surface area (Å²) >= 11 is 0. The van der Waals surface area contributed by atoms with E-state index in [1.807, 2.05) is 0 Å². The number of likely N-dealkylation sites (N-methyl/N-ethyl adjacent to an activating group) is 1. The fourth-order valence-corrected chi connectivity index (χ4v) is 2.56. The van der Waals surface area contributed by atoms with Crippen LogP contribution in [0.3, 0.4) is 0 Å². The van der Waals surface area contributed by atoms with Crippen molar-refractivity contribution in [3.05, 3.63) is 29.8 Å². The Bertz CT molecular complexity index is 718. The number of hydrogen-bond acceptors (Lipinski definition) is 6. The van der Waals surface area contributed by atoms with Gasteiger partial charge in [-0.3, -0.25) is 4.79 Å². The maximum atomic E-state index is 12.5. The molecule has 11 heteroatoms. The minimum Gasteiger partial charge on any atom is -0.497 e. The number of methoxy groups -OCH3 is 1. The SMILES string of the molecule is COc1ccc(CN(C)C(=O)C(CCC=O)OS(=O)(=O)C(F)(F)F)cc1. The summed E-state index contributed by atoms with van der Waals surface area (Å²) < 4.78 is 68.8. The standard InChI is InChI=1S/C15H18F3NO6S/c1-19(10-11-5-7-12(24-2)8-6-11)14(21)13(4-3-9-20)25-26(22,23)15(16,17)18/h5-9,13H,3-4,10H2,1-2H3. The van der Waals surface area contributed by atoms with Crippen molar-refractivity contribution in [3.63, 3.8) is 0 Å². The summed E-state index contributed by atoms with van der Waals surface area (Å²) in [6.07, 6.45) is -2.42. The molecule has 0 aliphatic heterocycles. The van der Waals surface area contributed by atoms with Crippen molar-refractivity contribution in [2.75, 3.05) is 14.2 Å². The van der Waals surface area contributed by atoms with Crippen LogP contribution in [0.1, 0.15) is 18.4 Å². The third-order valence-electron chi connectivity index (χ3n) is 3.30. The van der Waals surface area contributed by atoms with E-state index in [0.717, 1.165) is 4.90 Å². The van der Waals surface area contributed by atoms with Gasteiger partial charge in [0.1, 0.15) is 12.0 Å². The van der Waals surface area contributed by atoms with Crippen molar-refractivity contribution < 1.29 is 40.1 Å². The number of halogens is 3. The molecule has 1 aromatic rings. The molecular weight excluding hydrogens is 379 g/mol. The summed E-state index contributed by atoms with van der Waals surface area (Å²) in [4.78, 5) is 23.8. The highest BCUT2D eigenvalue weighted by Gasteiger charge is 2.49. The zero-order valence-corrected chi connectivity index (χ0v) is 14.8. The summed E-state index contributed by atoms with van der Waals surface area (Å²) in [5.74, 6) is -0.415. The molecule has 0 aliphatic carbocycles. The lowest BCUT2D eigenvalue weighted by Gasteiger charge is -2.23. The monoisotopic (exact) mass is 397 g/mol. The predicted molar refractivity (Wildman–Crippen MR) is 84.6 cm³/mol. The lowest BCUT2D eigenvalue weighted by molar-refractivity contribution is -0.139. The third kappa shape index (κ3) is 5.99. The summed E-state index contributed by atoms with van der Waals surface area (Å²) in [5.41, 5.74) is -5.03. The van der Waals surface area contributed by atoms with E-state index in [2.05, 4.69) is 4.18 Å². The van der Waals surface area contributed by atoms with Gasteiger partial charge in [-0.1, -0.05) is 12.1 Å². The first-order valence-electron chi connectivity index (χ1n) is 7.33. The van der Waals surface area contributed by atoms with Gasteiger partial charge >= 0.3 is 15.6 Å². The first kappa shape index (κ1) is 21.9. The Balaban J connectivity index is 2.90. The second-order valence-electron chi connectivity index (χ2n) is 5.27. The highest BCUT2D eigenvalue weighted by molar-refractivity contribution is 7.87. The van der Waals surface area contributed by atoms with Gasteiger partial charge in [-0.25, -0.2) is 4.18 Å². The predicted octanol–water partition coefficient (Wildman–Crippen LogP) is 1.87. The van der Waals surface area contributed by atoms with E-state index in [0.29, 0.717) is 17.6 Å². The first-order chi connectivity index (χ1) is 12.0. The van der Waals surface area contributed by atoms with Gasteiger partial charge in [0.15, 0.2) is 6.10 Å². The van der Waals surface area contributed by atoms with Crippen LogP contribution in [0.25, 0.3) is 0 Å². The lowest BCUT2D eigenvalue weighted by atomic mass is 10.1. The highest BCUT2D eigenvalue weighted by Crippen LogP contribution is 2.27. The Hall–Kier alpha value is -2.14. The molecule has 1 amide bonds. The molecule has 0 heterocycles. The average Bonchev–Trinajstić information content (AvgIpc) is 2.57. The molecule has 0 fully saturated rings. The topological polar surface area (TPSA) is 90.0 Å². The Morgan fingerprint density at radius 2 is 1.85 bits per heavy atom. The molecule has 0 spiro atoms. The quantitative estimate of drug-likeness (QED) is 0.359. The Morgan fingerprint density at radius 3 is 2.31 bits per heavy atom. The molecule has 0 saturated carbocycles. The van der Waals surface area contributed by atoms with Crippen LogP contribution < -0.4 is 4.74 Å². The van der Waals surface area contributed by atoms with Gasteiger partial charge in [-0.05, 0) is 24.1 Å². The maximum absolute atomic E-state index is 12.5. The number of nitrogens with zero attached hydrogens (tertiary/aromatic N) is 1. The number of ether oxygens (including phenoxy) is 1. The van der Waals surface area contributed by atoms with Gasteiger partial charge in [0.2, 0.25) is 0 Å². The fourth-order valence-electron chi connectivity index (χ4n) is 1.97. The van der Waals surface area contributed by atoms with Crippen molar-refractivity contribution in [1.82, 2.24) is 4.90 Å². The van der Waals surface area contributed by atoms with E-state index in [1.54, 1.807) is 24.3 Å². The van der Waals surface area contributed by atoms with Gasteiger partial charge in [0.25, 0.3) is 5.91 Å². The van der Waals surface area contributed by atoms with Crippen molar-refractivity contribution in [2.45, 2.75) is 31.0 Å². The smallest absolute Gasteiger partial charge is 0.497 e. The van der Waals surface area contributed by atoms with E-state index in [-0.39, 0.29) is 13.0 Å². The van der Waals surface area contributed by atoms with Crippen LogP contribution >= 0.6 is 0 Å².